The number of carbonyl (C=O) groups is 1. The number of carbonyl (C=O) groups excluding carboxylic acids is 1. The summed E-state index contributed by atoms with van der Waals surface area (Å²) in [4.78, 5) is 12.4. The van der Waals surface area contributed by atoms with Crippen molar-refractivity contribution in [3.8, 4) is 11.5 Å². The van der Waals surface area contributed by atoms with Gasteiger partial charge in [-0.25, -0.2) is 8.78 Å². The Bertz CT molecular complexity index is 985. The maximum absolute atomic E-state index is 13.8. The Morgan fingerprint density at radius 2 is 1.81 bits per heavy atom. The molecule has 0 radical (unpaired) electrons. The summed E-state index contributed by atoms with van der Waals surface area (Å²) in [7, 11) is 0. The van der Waals surface area contributed by atoms with Crippen LogP contribution >= 0.6 is 0 Å². The molecule has 26 heavy (non-hydrogen) atoms. The summed E-state index contributed by atoms with van der Waals surface area (Å²) in [5, 5.41) is 9.91. The first-order valence-electron chi connectivity index (χ1n) is 8.32. The quantitative estimate of drug-likeness (QED) is 0.766. The van der Waals surface area contributed by atoms with Crippen molar-refractivity contribution in [2.75, 3.05) is 5.32 Å². The van der Waals surface area contributed by atoms with Gasteiger partial charge in [0.2, 0.25) is 0 Å². The number of hydrogen-bond donors (Lipinski definition) is 1. The number of nitrogens with one attached hydrogen (secondary N) is 1. The average Bonchev–Trinajstić information content (AvgIpc) is 3.09. The summed E-state index contributed by atoms with van der Waals surface area (Å²) in [6.07, 6.45) is 4.29. The largest absolute Gasteiger partial charge is 0.403 e. The number of halogens is 2. The fourth-order valence-corrected chi connectivity index (χ4v) is 3.09. The Labute approximate surface area is 148 Å². The summed E-state index contributed by atoms with van der Waals surface area (Å²) in [6, 6.07) is 8.48. The van der Waals surface area contributed by atoms with Crippen molar-refractivity contribution >= 4 is 11.9 Å². The SMILES string of the molecule is O=C(Nc1nnc(-c2ccc(F)cc2F)o1)c1ccc2c(c1)CCCC2. The van der Waals surface area contributed by atoms with Crippen molar-refractivity contribution in [3.63, 3.8) is 0 Å². The fourth-order valence-electron chi connectivity index (χ4n) is 3.09. The van der Waals surface area contributed by atoms with Crippen molar-refractivity contribution in [1.29, 1.82) is 0 Å². The van der Waals surface area contributed by atoms with E-state index < -0.39 is 11.6 Å². The number of fused-ring (bicyclic) bond motifs is 1. The molecule has 3 aromatic rings. The minimum absolute atomic E-state index is 0.0341. The van der Waals surface area contributed by atoms with Crippen LogP contribution in [0.3, 0.4) is 0 Å². The minimum atomic E-state index is -0.818. The molecule has 1 N–H and O–H groups in total. The second-order valence-corrected chi connectivity index (χ2v) is 6.18. The number of amides is 1. The van der Waals surface area contributed by atoms with Gasteiger partial charge in [0.15, 0.2) is 0 Å². The van der Waals surface area contributed by atoms with Gasteiger partial charge in [0.25, 0.3) is 11.8 Å². The Hall–Kier alpha value is -3.09. The van der Waals surface area contributed by atoms with E-state index in [2.05, 4.69) is 15.5 Å². The maximum Gasteiger partial charge on any atom is 0.322 e. The first-order chi connectivity index (χ1) is 12.6. The third-order valence-corrected chi connectivity index (χ3v) is 4.42. The summed E-state index contributed by atoms with van der Waals surface area (Å²) in [6.45, 7) is 0. The third-order valence-electron chi connectivity index (χ3n) is 4.42. The smallest absolute Gasteiger partial charge is 0.322 e. The molecule has 0 aliphatic heterocycles. The second-order valence-electron chi connectivity index (χ2n) is 6.18. The van der Waals surface area contributed by atoms with Gasteiger partial charge < -0.3 is 4.42 Å². The van der Waals surface area contributed by atoms with Crippen LogP contribution in [-0.2, 0) is 12.8 Å². The normalized spacial score (nSPS) is 13.3. The molecule has 0 saturated carbocycles. The van der Waals surface area contributed by atoms with E-state index in [-0.39, 0.29) is 23.4 Å². The van der Waals surface area contributed by atoms with E-state index in [1.54, 1.807) is 6.07 Å². The number of benzene rings is 2. The fraction of sp³-hybridized carbons (Fsp3) is 0.211. The topological polar surface area (TPSA) is 68.0 Å². The zero-order valence-corrected chi connectivity index (χ0v) is 13.8. The van der Waals surface area contributed by atoms with Crippen LogP contribution in [0.2, 0.25) is 0 Å². The van der Waals surface area contributed by atoms with E-state index in [9.17, 15) is 13.6 Å². The molecule has 7 heteroatoms. The average molecular weight is 355 g/mol. The summed E-state index contributed by atoms with van der Waals surface area (Å²) in [5.41, 5.74) is 2.93. The number of hydrogen-bond acceptors (Lipinski definition) is 4. The molecule has 1 aliphatic carbocycles. The van der Waals surface area contributed by atoms with E-state index in [0.29, 0.717) is 5.56 Å². The van der Waals surface area contributed by atoms with Gasteiger partial charge in [-0.05, 0) is 61.1 Å². The van der Waals surface area contributed by atoms with Gasteiger partial charge in [-0.15, -0.1) is 5.10 Å². The number of rotatable bonds is 3. The van der Waals surface area contributed by atoms with Crippen LogP contribution in [0.25, 0.3) is 11.5 Å². The Kier molecular flexibility index (Phi) is 4.20. The predicted molar refractivity (Wildman–Crippen MR) is 90.7 cm³/mol. The van der Waals surface area contributed by atoms with Gasteiger partial charge in [-0.2, -0.15) is 0 Å². The van der Waals surface area contributed by atoms with Crippen LogP contribution in [-0.4, -0.2) is 16.1 Å². The van der Waals surface area contributed by atoms with Crippen molar-refractivity contribution < 1.29 is 18.0 Å². The molecule has 0 atom stereocenters. The van der Waals surface area contributed by atoms with Crippen LogP contribution in [0, 0.1) is 11.6 Å². The molecule has 0 spiro atoms. The molecule has 0 fully saturated rings. The third kappa shape index (κ3) is 3.20. The van der Waals surface area contributed by atoms with Crippen LogP contribution < -0.4 is 5.32 Å². The van der Waals surface area contributed by atoms with Gasteiger partial charge in [-0.3, -0.25) is 10.1 Å². The van der Waals surface area contributed by atoms with Gasteiger partial charge in [0.05, 0.1) is 5.56 Å². The lowest BCUT2D eigenvalue weighted by molar-refractivity contribution is 0.102. The van der Waals surface area contributed by atoms with Crippen LogP contribution in [0.5, 0.6) is 0 Å². The molecular formula is C19H15F2N3O2. The molecular weight excluding hydrogens is 340 g/mol. The van der Waals surface area contributed by atoms with E-state index in [1.807, 2.05) is 12.1 Å². The minimum Gasteiger partial charge on any atom is -0.403 e. The lowest BCUT2D eigenvalue weighted by atomic mass is 9.90. The standard InChI is InChI=1S/C19H15F2N3O2/c20-14-7-8-15(16(21)10-14)18-23-24-19(26-18)22-17(25)13-6-5-11-3-1-2-4-12(11)9-13/h5-10H,1-4H2,(H,22,24,25). The molecule has 2 aromatic carbocycles. The van der Waals surface area contributed by atoms with Crippen molar-refractivity contribution in [3.05, 3.63) is 64.7 Å². The molecule has 4 rings (SSSR count). The highest BCUT2D eigenvalue weighted by Crippen LogP contribution is 2.25. The zero-order chi connectivity index (χ0) is 18.1. The van der Waals surface area contributed by atoms with E-state index in [4.69, 9.17) is 4.42 Å². The maximum atomic E-state index is 13.8. The molecule has 1 amide bonds. The monoisotopic (exact) mass is 355 g/mol. The van der Waals surface area contributed by atoms with Crippen molar-refractivity contribution in [2.24, 2.45) is 0 Å². The van der Waals surface area contributed by atoms with Gasteiger partial charge >= 0.3 is 6.01 Å². The van der Waals surface area contributed by atoms with Crippen molar-refractivity contribution in [1.82, 2.24) is 10.2 Å². The van der Waals surface area contributed by atoms with Crippen LogP contribution in [0.15, 0.2) is 40.8 Å². The van der Waals surface area contributed by atoms with E-state index in [0.717, 1.165) is 31.4 Å². The number of nitrogens with zero attached hydrogens (tertiary/aromatic N) is 2. The summed E-state index contributed by atoms with van der Waals surface area (Å²) in [5.74, 6) is -2.04. The Morgan fingerprint density at radius 3 is 2.62 bits per heavy atom. The molecule has 1 heterocycles. The molecule has 0 bridgehead atoms. The summed E-state index contributed by atoms with van der Waals surface area (Å²) >= 11 is 0. The lowest BCUT2D eigenvalue weighted by Gasteiger charge is -2.16. The molecule has 5 nitrogen and oxygen atoms in total. The predicted octanol–water partition coefficient (Wildman–Crippen LogP) is 4.15. The zero-order valence-electron chi connectivity index (χ0n) is 13.8. The van der Waals surface area contributed by atoms with Gasteiger partial charge in [0.1, 0.15) is 11.6 Å². The van der Waals surface area contributed by atoms with E-state index >= 15 is 0 Å². The molecule has 1 aliphatic rings. The second kappa shape index (κ2) is 6.67. The summed E-state index contributed by atoms with van der Waals surface area (Å²) < 4.78 is 32.0. The van der Waals surface area contributed by atoms with Crippen LogP contribution in [0.1, 0.15) is 34.3 Å². The first kappa shape index (κ1) is 16.4. The highest BCUT2D eigenvalue weighted by Gasteiger charge is 2.17. The number of aryl methyl sites for hydroxylation is 2. The van der Waals surface area contributed by atoms with Crippen LogP contribution in [0.4, 0.5) is 14.8 Å². The first-order valence-corrected chi connectivity index (χ1v) is 8.32. The van der Waals surface area contributed by atoms with Gasteiger partial charge in [0, 0.05) is 11.6 Å². The Balaban J connectivity index is 1.53. The Morgan fingerprint density at radius 1 is 1.00 bits per heavy atom. The highest BCUT2D eigenvalue weighted by atomic mass is 19.1. The molecule has 132 valence electrons. The number of aromatic nitrogens is 2. The number of anilines is 1. The van der Waals surface area contributed by atoms with Crippen molar-refractivity contribution in [2.45, 2.75) is 25.7 Å². The molecule has 1 aromatic heterocycles. The molecule has 0 saturated heterocycles. The highest BCUT2D eigenvalue weighted by molar-refractivity contribution is 6.03. The van der Waals surface area contributed by atoms with E-state index in [1.165, 1.54) is 23.6 Å². The molecule has 0 unspecified atom stereocenters. The lowest BCUT2D eigenvalue weighted by Crippen LogP contribution is -2.13. The van der Waals surface area contributed by atoms with Gasteiger partial charge in [-0.1, -0.05) is 11.2 Å².